The van der Waals surface area contributed by atoms with Crippen LogP contribution in [0.2, 0.25) is 0 Å². The first-order valence-electron chi connectivity index (χ1n) is 8.59. The number of hydrazone groups is 1. The first-order chi connectivity index (χ1) is 13.9. The lowest BCUT2D eigenvalue weighted by atomic mass is 10.2. The zero-order chi connectivity index (χ0) is 21.2. The van der Waals surface area contributed by atoms with E-state index in [9.17, 15) is 9.59 Å². The maximum atomic E-state index is 11.8. The van der Waals surface area contributed by atoms with E-state index in [0.29, 0.717) is 22.8 Å². The molecule has 0 saturated carbocycles. The number of nitrogens with zero attached hydrogens (tertiary/aromatic N) is 1. The van der Waals surface area contributed by atoms with Gasteiger partial charge in [0, 0.05) is 0 Å². The van der Waals surface area contributed by atoms with E-state index in [1.807, 2.05) is 0 Å². The van der Waals surface area contributed by atoms with Crippen molar-refractivity contribution in [2.45, 2.75) is 13.0 Å². The third kappa shape index (κ3) is 6.73. The molecule has 2 N–H and O–H groups in total. The van der Waals surface area contributed by atoms with Crippen LogP contribution in [0.4, 0.5) is 0 Å². The molecule has 29 heavy (non-hydrogen) atoms. The molecule has 0 heterocycles. The van der Waals surface area contributed by atoms with Crippen LogP contribution in [0.5, 0.6) is 23.0 Å². The second-order valence-corrected chi connectivity index (χ2v) is 5.77. The van der Waals surface area contributed by atoms with Crippen molar-refractivity contribution >= 4 is 18.1 Å². The fourth-order valence-electron chi connectivity index (χ4n) is 2.13. The standard InChI is InChI=1S/C20H22N2O7/c1-13(20(24)25)29-17-9-4-14(10-18(17)27-3)11-21-22-19(23)12-28-16-7-5-15(26-2)6-8-16/h4-11,13H,12H2,1-3H3,(H,22,23)(H,24,25)/b21-11+/t13-/m1/s1. The Balaban J connectivity index is 1.88. The third-order valence-corrected chi connectivity index (χ3v) is 3.67. The number of ether oxygens (including phenoxy) is 4. The Hall–Kier alpha value is -3.75. The minimum atomic E-state index is -1.09. The molecule has 0 aromatic heterocycles. The Morgan fingerprint density at radius 1 is 1.07 bits per heavy atom. The number of amides is 1. The molecule has 0 radical (unpaired) electrons. The highest BCUT2D eigenvalue weighted by Crippen LogP contribution is 2.28. The van der Waals surface area contributed by atoms with Crippen molar-refractivity contribution in [2.75, 3.05) is 20.8 Å². The van der Waals surface area contributed by atoms with E-state index in [0.717, 1.165) is 0 Å². The van der Waals surface area contributed by atoms with E-state index in [4.69, 9.17) is 24.1 Å². The second-order valence-electron chi connectivity index (χ2n) is 5.77. The highest BCUT2D eigenvalue weighted by molar-refractivity contribution is 5.83. The van der Waals surface area contributed by atoms with Crippen molar-refractivity contribution in [3.8, 4) is 23.0 Å². The van der Waals surface area contributed by atoms with Gasteiger partial charge in [0.1, 0.15) is 11.5 Å². The minimum absolute atomic E-state index is 0.202. The molecular weight excluding hydrogens is 380 g/mol. The minimum Gasteiger partial charge on any atom is -0.497 e. The summed E-state index contributed by atoms with van der Waals surface area (Å²) in [6, 6.07) is 11.7. The van der Waals surface area contributed by atoms with Gasteiger partial charge >= 0.3 is 5.97 Å². The summed E-state index contributed by atoms with van der Waals surface area (Å²) >= 11 is 0. The van der Waals surface area contributed by atoms with Crippen LogP contribution in [-0.4, -0.2) is 50.1 Å². The summed E-state index contributed by atoms with van der Waals surface area (Å²) in [5.74, 6) is 0.334. The number of hydrogen-bond acceptors (Lipinski definition) is 7. The number of rotatable bonds is 10. The molecular formula is C20H22N2O7. The van der Waals surface area contributed by atoms with Crippen LogP contribution in [-0.2, 0) is 9.59 Å². The van der Waals surface area contributed by atoms with Crippen molar-refractivity contribution in [3.63, 3.8) is 0 Å². The van der Waals surface area contributed by atoms with Gasteiger partial charge in [-0.25, -0.2) is 10.2 Å². The van der Waals surface area contributed by atoms with E-state index in [1.54, 1.807) is 49.6 Å². The SMILES string of the molecule is COc1ccc(OCC(=O)N/N=C/c2ccc(O[C@H](C)C(=O)O)c(OC)c2)cc1. The fourth-order valence-corrected chi connectivity index (χ4v) is 2.13. The summed E-state index contributed by atoms with van der Waals surface area (Å²) in [5, 5.41) is 12.8. The van der Waals surface area contributed by atoms with Crippen LogP contribution in [0.1, 0.15) is 12.5 Å². The largest absolute Gasteiger partial charge is 0.497 e. The third-order valence-electron chi connectivity index (χ3n) is 3.67. The summed E-state index contributed by atoms with van der Waals surface area (Å²) in [5.41, 5.74) is 2.97. The first-order valence-corrected chi connectivity index (χ1v) is 8.59. The van der Waals surface area contributed by atoms with Gasteiger partial charge in [-0.15, -0.1) is 0 Å². The summed E-state index contributed by atoms with van der Waals surface area (Å²) in [4.78, 5) is 22.7. The Morgan fingerprint density at radius 3 is 2.38 bits per heavy atom. The first kappa shape index (κ1) is 21.5. The number of methoxy groups -OCH3 is 2. The predicted octanol–water partition coefficient (Wildman–Crippen LogP) is 2.08. The van der Waals surface area contributed by atoms with Crippen molar-refractivity contribution in [1.82, 2.24) is 5.43 Å². The van der Waals surface area contributed by atoms with E-state index in [2.05, 4.69) is 10.5 Å². The number of benzene rings is 2. The van der Waals surface area contributed by atoms with E-state index < -0.39 is 18.0 Å². The molecule has 9 heteroatoms. The average molecular weight is 402 g/mol. The number of carboxylic acids is 1. The fraction of sp³-hybridized carbons (Fsp3) is 0.250. The zero-order valence-corrected chi connectivity index (χ0v) is 16.2. The van der Waals surface area contributed by atoms with Gasteiger partial charge in [0.2, 0.25) is 0 Å². The van der Waals surface area contributed by atoms with E-state index in [1.165, 1.54) is 20.2 Å². The molecule has 0 aliphatic rings. The molecule has 0 unspecified atom stereocenters. The lowest BCUT2D eigenvalue weighted by Crippen LogP contribution is -2.24. The highest BCUT2D eigenvalue weighted by Gasteiger charge is 2.15. The molecule has 0 fully saturated rings. The van der Waals surface area contributed by atoms with Crippen LogP contribution < -0.4 is 24.4 Å². The monoisotopic (exact) mass is 402 g/mol. The van der Waals surface area contributed by atoms with Crippen LogP contribution in [0.25, 0.3) is 0 Å². The van der Waals surface area contributed by atoms with Crippen molar-refractivity contribution in [1.29, 1.82) is 0 Å². The average Bonchev–Trinajstić information content (AvgIpc) is 2.73. The van der Waals surface area contributed by atoms with E-state index in [-0.39, 0.29) is 12.4 Å². The van der Waals surface area contributed by atoms with Gasteiger partial charge in [0.15, 0.2) is 24.2 Å². The quantitative estimate of drug-likeness (QED) is 0.462. The number of carbonyl (C=O) groups excluding carboxylic acids is 1. The van der Waals surface area contributed by atoms with Crippen molar-refractivity contribution in [2.24, 2.45) is 5.10 Å². The summed E-state index contributed by atoms with van der Waals surface area (Å²) in [6.45, 7) is 1.22. The molecule has 0 saturated heterocycles. The molecule has 0 aliphatic carbocycles. The van der Waals surface area contributed by atoms with Gasteiger partial charge in [-0.3, -0.25) is 4.79 Å². The highest BCUT2D eigenvalue weighted by atomic mass is 16.5. The maximum Gasteiger partial charge on any atom is 0.344 e. The molecule has 0 spiro atoms. The molecule has 1 amide bonds. The predicted molar refractivity (Wildman–Crippen MR) is 105 cm³/mol. The smallest absolute Gasteiger partial charge is 0.344 e. The molecule has 2 aromatic rings. The Bertz CT molecular complexity index is 866. The molecule has 0 aliphatic heterocycles. The number of carboxylic acid groups (broad SMARTS) is 1. The zero-order valence-electron chi connectivity index (χ0n) is 16.2. The van der Waals surface area contributed by atoms with Gasteiger partial charge in [-0.05, 0) is 55.0 Å². The van der Waals surface area contributed by atoms with Crippen molar-refractivity contribution < 1.29 is 33.6 Å². The summed E-state index contributed by atoms with van der Waals surface area (Å²) < 4.78 is 20.9. The van der Waals surface area contributed by atoms with Crippen LogP contribution in [0.3, 0.4) is 0 Å². The number of aliphatic carboxylic acids is 1. The van der Waals surface area contributed by atoms with Gasteiger partial charge in [0.25, 0.3) is 5.91 Å². The van der Waals surface area contributed by atoms with E-state index >= 15 is 0 Å². The number of hydrogen-bond donors (Lipinski definition) is 2. The van der Waals surface area contributed by atoms with Gasteiger partial charge in [0.05, 0.1) is 20.4 Å². The van der Waals surface area contributed by atoms with Crippen LogP contribution in [0, 0.1) is 0 Å². The molecule has 154 valence electrons. The summed E-state index contributed by atoms with van der Waals surface area (Å²) in [6.07, 6.45) is 0.395. The van der Waals surface area contributed by atoms with Crippen molar-refractivity contribution in [3.05, 3.63) is 48.0 Å². The van der Waals surface area contributed by atoms with Crippen LogP contribution in [0.15, 0.2) is 47.6 Å². The Morgan fingerprint density at radius 2 is 1.76 bits per heavy atom. The topological polar surface area (TPSA) is 116 Å². The maximum absolute atomic E-state index is 11.8. The van der Waals surface area contributed by atoms with Crippen LogP contribution >= 0.6 is 0 Å². The summed E-state index contributed by atoms with van der Waals surface area (Å²) in [7, 11) is 3.00. The number of carbonyl (C=O) groups is 2. The van der Waals surface area contributed by atoms with Gasteiger partial charge < -0.3 is 24.1 Å². The molecule has 2 rings (SSSR count). The molecule has 1 atom stereocenters. The van der Waals surface area contributed by atoms with Gasteiger partial charge in [-0.2, -0.15) is 5.10 Å². The molecule has 0 bridgehead atoms. The Kier molecular flexibility index (Phi) is 7.84. The lowest BCUT2D eigenvalue weighted by Gasteiger charge is -2.14. The Labute approximate surface area is 167 Å². The normalized spacial score (nSPS) is 11.6. The lowest BCUT2D eigenvalue weighted by molar-refractivity contribution is -0.144. The molecule has 2 aromatic carbocycles. The number of nitrogens with one attached hydrogen (secondary N) is 1. The van der Waals surface area contributed by atoms with Gasteiger partial charge in [-0.1, -0.05) is 0 Å². The molecule has 9 nitrogen and oxygen atoms in total. The second kappa shape index (κ2) is 10.5.